The molecule has 3 rings (SSSR count). The van der Waals surface area contributed by atoms with Crippen LogP contribution in [0.5, 0.6) is 0 Å². The van der Waals surface area contributed by atoms with Crippen LogP contribution in [-0.2, 0) is 22.7 Å². The van der Waals surface area contributed by atoms with Gasteiger partial charge in [0.2, 0.25) is 5.91 Å². The lowest BCUT2D eigenvalue weighted by Gasteiger charge is -2.26. The molecule has 1 unspecified atom stereocenters. The molecular weight excluding hydrogens is 359 g/mol. The number of nitrogens with one attached hydrogen (secondary N) is 1. The first-order chi connectivity index (χ1) is 13.4. The fourth-order valence-corrected chi connectivity index (χ4v) is 3.47. The number of halogens is 1. The van der Waals surface area contributed by atoms with Crippen molar-refractivity contribution in [3.63, 3.8) is 0 Å². The van der Waals surface area contributed by atoms with E-state index >= 15 is 0 Å². The van der Waals surface area contributed by atoms with Crippen LogP contribution in [0.15, 0.2) is 30.6 Å². The molecule has 1 aliphatic rings. The summed E-state index contributed by atoms with van der Waals surface area (Å²) in [6, 6.07) is 6.64. The van der Waals surface area contributed by atoms with Crippen molar-refractivity contribution in [1.29, 1.82) is 0 Å². The number of ether oxygens (including phenoxy) is 1. The van der Waals surface area contributed by atoms with E-state index in [-0.39, 0.29) is 24.4 Å². The van der Waals surface area contributed by atoms with Gasteiger partial charge in [0.05, 0.1) is 31.3 Å². The average Bonchev–Trinajstić information content (AvgIpc) is 2.97. The van der Waals surface area contributed by atoms with Crippen molar-refractivity contribution >= 4 is 5.91 Å². The molecule has 1 N–H and O–H groups in total. The molecule has 1 saturated heterocycles. The summed E-state index contributed by atoms with van der Waals surface area (Å²) in [5, 5.41) is 0. The Balaban J connectivity index is 1.72. The molecule has 1 fully saturated rings. The predicted octanol–water partition coefficient (Wildman–Crippen LogP) is 2.74. The smallest absolute Gasteiger partial charge is 0.236 e. The monoisotopic (exact) mass is 388 g/mol. The molecule has 0 spiro atoms. The Labute approximate surface area is 165 Å². The number of aromatic nitrogens is 2. The molecule has 2 aromatic rings. The molecule has 0 aliphatic carbocycles. The van der Waals surface area contributed by atoms with Crippen molar-refractivity contribution in [2.45, 2.75) is 40.0 Å². The highest BCUT2D eigenvalue weighted by Crippen LogP contribution is 2.16. The van der Waals surface area contributed by atoms with Crippen LogP contribution in [0, 0.1) is 18.7 Å². The minimum Gasteiger partial charge on any atom is -0.370 e. The van der Waals surface area contributed by atoms with Gasteiger partial charge in [-0.15, -0.1) is 0 Å². The van der Waals surface area contributed by atoms with Crippen LogP contribution in [0.25, 0.3) is 0 Å². The minimum atomic E-state index is -0.268. The number of benzene rings is 1. The maximum Gasteiger partial charge on any atom is 0.236 e. The van der Waals surface area contributed by atoms with Gasteiger partial charge in [-0.2, -0.15) is 0 Å². The molecule has 0 saturated carbocycles. The third-order valence-corrected chi connectivity index (χ3v) is 4.92. The lowest BCUT2D eigenvalue weighted by atomic mass is 10.2. The van der Waals surface area contributed by atoms with Gasteiger partial charge >= 0.3 is 0 Å². The van der Waals surface area contributed by atoms with Crippen LogP contribution < -0.4 is 0 Å². The zero-order valence-electron chi connectivity index (χ0n) is 16.8. The normalized spacial score (nSPS) is 18.7. The van der Waals surface area contributed by atoms with E-state index in [4.69, 9.17) is 4.74 Å². The van der Waals surface area contributed by atoms with Crippen LogP contribution in [-0.4, -0.2) is 58.0 Å². The van der Waals surface area contributed by atoms with Crippen LogP contribution in [0.2, 0.25) is 0 Å². The molecular formula is C21H29FN4O2. The summed E-state index contributed by atoms with van der Waals surface area (Å²) >= 11 is 0. The summed E-state index contributed by atoms with van der Waals surface area (Å²) in [4.78, 5) is 24.2. The number of carbonyl (C=O) groups is 1. The fraction of sp³-hybridized carbons (Fsp3) is 0.524. The zero-order valence-corrected chi connectivity index (χ0v) is 16.8. The topological polar surface area (TPSA) is 61.5 Å². The van der Waals surface area contributed by atoms with Crippen molar-refractivity contribution in [2.24, 2.45) is 5.92 Å². The van der Waals surface area contributed by atoms with E-state index in [0.717, 1.165) is 11.4 Å². The highest BCUT2D eigenvalue weighted by Gasteiger charge is 2.29. The predicted molar refractivity (Wildman–Crippen MR) is 105 cm³/mol. The number of imidazole rings is 1. The van der Waals surface area contributed by atoms with E-state index in [0.29, 0.717) is 44.2 Å². The Morgan fingerprint density at radius 1 is 1.32 bits per heavy atom. The second kappa shape index (κ2) is 9.30. The maximum atomic E-state index is 13.9. The van der Waals surface area contributed by atoms with Gasteiger partial charge in [-0.3, -0.25) is 9.69 Å². The lowest BCUT2D eigenvalue weighted by molar-refractivity contribution is -0.132. The number of amides is 1. The van der Waals surface area contributed by atoms with E-state index in [1.165, 1.54) is 6.07 Å². The molecule has 0 bridgehead atoms. The van der Waals surface area contributed by atoms with Crippen LogP contribution in [0.4, 0.5) is 4.39 Å². The quantitative estimate of drug-likeness (QED) is 0.792. The van der Waals surface area contributed by atoms with E-state index in [9.17, 15) is 9.18 Å². The first-order valence-corrected chi connectivity index (χ1v) is 9.76. The highest BCUT2D eigenvalue weighted by molar-refractivity contribution is 5.78. The standard InChI is InChI=1S/C21H29FN4O2/c1-15(2)8-26-10-18(28-13-17-6-4-5-7-19(17)22)9-25(12-21(26)27)11-20-16(3)23-14-24-20/h4-7,14-15,18H,8-13H2,1-3H3,(H,23,24). The molecule has 6 nitrogen and oxygen atoms in total. The minimum absolute atomic E-state index is 0.0962. The van der Waals surface area contributed by atoms with Crippen molar-refractivity contribution in [1.82, 2.24) is 19.8 Å². The van der Waals surface area contributed by atoms with Crippen molar-refractivity contribution in [2.75, 3.05) is 26.2 Å². The molecule has 2 heterocycles. The SMILES string of the molecule is Cc1[nH]cnc1CN1CC(=O)N(CC(C)C)CC(OCc2ccccc2F)C1. The van der Waals surface area contributed by atoms with E-state index in [2.05, 4.69) is 28.7 Å². The number of carbonyl (C=O) groups excluding carboxylic acids is 1. The van der Waals surface area contributed by atoms with Gasteiger partial charge in [0.1, 0.15) is 5.82 Å². The summed E-state index contributed by atoms with van der Waals surface area (Å²) < 4.78 is 20.0. The maximum absolute atomic E-state index is 13.9. The summed E-state index contributed by atoms with van der Waals surface area (Å²) in [7, 11) is 0. The summed E-state index contributed by atoms with van der Waals surface area (Å²) in [6.45, 7) is 9.07. The van der Waals surface area contributed by atoms with Gasteiger partial charge in [0.25, 0.3) is 0 Å². The zero-order chi connectivity index (χ0) is 20.1. The summed E-state index contributed by atoms with van der Waals surface area (Å²) in [6.07, 6.45) is 1.48. The Bertz CT molecular complexity index is 792. The molecule has 1 aromatic carbocycles. The van der Waals surface area contributed by atoms with Crippen LogP contribution in [0.1, 0.15) is 30.8 Å². The number of nitrogens with zero attached hydrogens (tertiary/aromatic N) is 3. The second-order valence-corrected chi connectivity index (χ2v) is 7.86. The van der Waals surface area contributed by atoms with E-state index in [1.807, 2.05) is 11.8 Å². The number of rotatable bonds is 7. The third kappa shape index (κ3) is 5.39. The molecule has 1 aliphatic heterocycles. The summed E-state index contributed by atoms with van der Waals surface area (Å²) in [5.74, 6) is 0.199. The first-order valence-electron chi connectivity index (χ1n) is 9.76. The molecule has 1 atom stereocenters. The largest absolute Gasteiger partial charge is 0.370 e. The molecule has 28 heavy (non-hydrogen) atoms. The molecule has 7 heteroatoms. The van der Waals surface area contributed by atoms with Crippen LogP contribution >= 0.6 is 0 Å². The number of hydrogen-bond acceptors (Lipinski definition) is 4. The van der Waals surface area contributed by atoms with Crippen molar-refractivity contribution < 1.29 is 13.9 Å². The Hall–Kier alpha value is -2.25. The third-order valence-electron chi connectivity index (χ3n) is 4.92. The highest BCUT2D eigenvalue weighted by atomic mass is 19.1. The average molecular weight is 388 g/mol. The van der Waals surface area contributed by atoms with Gasteiger partial charge in [-0.1, -0.05) is 32.0 Å². The van der Waals surface area contributed by atoms with Crippen LogP contribution in [0.3, 0.4) is 0 Å². The molecule has 1 amide bonds. The second-order valence-electron chi connectivity index (χ2n) is 7.86. The van der Waals surface area contributed by atoms with Crippen molar-refractivity contribution in [3.8, 4) is 0 Å². The van der Waals surface area contributed by atoms with E-state index in [1.54, 1.807) is 24.5 Å². The van der Waals surface area contributed by atoms with Gasteiger partial charge in [-0.25, -0.2) is 9.37 Å². The number of aryl methyl sites for hydroxylation is 1. The first kappa shape index (κ1) is 20.5. The lowest BCUT2D eigenvalue weighted by Crippen LogP contribution is -2.40. The summed E-state index contributed by atoms with van der Waals surface area (Å²) in [5.41, 5.74) is 2.46. The Morgan fingerprint density at radius 2 is 2.11 bits per heavy atom. The van der Waals surface area contributed by atoms with E-state index < -0.39 is 0 Å². The number of H-pyrrole nitrogens is 1. The van der Waals surface area contributed by atoms with Gasteiger partial charge < -0.3 is 14.6 Å². The molecule has 1 aromatic heterocycles. The Morgan fingerprint density at radius 3 is 2.79 bits per heavy atom. The number of hydrogen-bond donors (Lipinski definition) is 1. The van der Waals surface area contributed by atoms with Gasteiger partial charge in [0.15, 0.2) is 0 Å². The molecule has 152 valence electrons. The van der Waals surface area contributed by atoms with Crippen molar-refractivity contribution in [3.05, 3.63) is 53.4 Å². The number of aromatic amines is 1. The fourth-order valence-electron chi connectivity index (χ4n) is 3.47. The van der Waals surface area contributed by atoms with Gasteiger partial charge in [0, 0.05) is 37.4 Å². The molecule has 0 radical (unpaired) electrons. The van der Waals surface area contributed by atoms with Gasteiger partial charge in [-0.05, 0) is 18.9 Å². The Kier molecular flexibility index (Phi) is 6.80.